The SMILES string of the molecule is CN(OCC(=O)O)C(=O)C12CC(NC(=O)OCC3c4ccccc4-c4ccccc43)CC1C2. The van der Waals surface area contributed by atoms with E-state index in [0.717, 1.165) is 22.6 Å². The summed E-state index contributed by atoms with van der Waals surface area (Å²) >= 11 is 0. The van der Waals surface area contributed by atoms with Crippen molar-refractivity contribution in [1.82, 2.24) is 10.4 Å². The van der Waals surface area contributed by atoms with Crippen molar-refractivity contribution in [1.29, 1.82) is 0 Å². The summed E-state index contributed by atoms with van der Waals surface area (Å²) in [4.78, 5) is 41.0. The first-order chi connectivity index (χ1) is 15.9. The lowest BCUT2D eigenvalue weighted by Crippen LogP contribution is -2.39. The first-order valence-electron chi connectivity index (χ1n) is 11.1. The highest BCUT2D eigenvalue weighted by Gasteiger charge is 2.66. The van der Waals surface area contributed by atoms with Crippen LogP contribution in [0.4, 0.5) is 4.79 Å². The van der Waals surface area contributed by atoms with Crippen LogP contribution in [0.1, 0.15) is 36.3 Å². The second-order valence-electron chi connectivity index (χ2n) is 9.13. The van der Waals surface area contributed by atoms with Gasteiger partial charge in [-0.25, -0.2) is 14.7 Å². The van der Waals surface area contributed by atoms with Crippen molar-refractivity contribution >= 4 is 18.0 Å². The number of ether oxygens (including phenoxy) is 1. The third-order valence-corrected chi connectivity index (χ3v) is 7.17. The van der Waals surface area contributed by atoms with Gasteiger partial charge >= 0.3 is 12.1 Å². The maximum Gasteiger partial charge on any atom is 0.407 e. The summed E-state index contributed by atoms with van der Waals surface area (Å²) in [5.41, 5.74) is 4.08. The average Bonchev–Trinajstić information content (AvgIpc) is 3.23. The van der Waals surface area contributed by atoms with Crippen molar-refractivity contribution < 1.29 is 29.1 Å². The molecule has 3 atom stereocenters. The standard InChI is InChI=1S/C25H26N2O6/c1-27(33-14-22(28)29)23(30)25-11-15(25)10-16(12-25)26-24(31)32-13-21-19-8-4-2-6-17(19)18-7-3-5-9-20(18)21/h2-9,15-16,21H,10-14H2,1H3,(H,26,31)(H,28,29). The van der Waals surface area contributed by atoms with E-state index >= 15 is 0 Å². The van der Waals surface area contributed by atoms with Crippen LogP contribution in [0.25, 0.3) is 11.1 Å². The molecule has 2 N–H and O–H groups in total. The second kappa shape index (κ2) is 8.19. The Hall–Kier alpha value is -3.39. The van der Waals surface area contributed by atoms with Crippen molar-refractivity contribution in [3.05, 3.63) is 59.7 Å². The molecule has 0 radical (unpaired) electrons. The lowest BCUT2D eigenvalue weighted by Gasteiger charge is -2.22. The van der Waals surface area contributed by atoms with Crippen LogP contribution in [0.2, 0.25) is 0 Å². The first-order valence-corrected chi connectivity index (χ1v) is 11.1. The molecule has 0 spiro atoms. The summed E-state index contributed by atoms with van der Waals surface area (Å²) in [6.07, 6.45) is 1.45. The molecule has 8 nitrogen and oxygen atoms in total. The monoisotopic (exact) mass is 450 g/mol. The summed E-state index contributed by atoms with van der Waals surface area (Å²) in [7, 11) is 1.43. The highest BCUT2D eigenvalue weighted by Crippen LogP contribution is 2.64. The number of amides is 2. The number of aliphatic carboxylic acids is 1. The van der Waals surface area contributed by atoms with Crippen molar-refractivity contribution in [2.45, 2.75) is 31.2 Å². The zero-order chi connectivity index (χ0) is 23.2. The van der Waals surface area contributed by atoms with Gasteiger partial charge in [-0.05, 0) is 47.4 Å². The van der Waals surface area contributed by atoms with Crippen LogP contribution in [-0.2, 0) is 19.2 Å². The van der Waals surface area contributed by atoms with Gasteiger partial charge in [-0.15, -0.1) is 0 Å². The van der Waals surface area contributed by atoms with Crippen molar-refractivity contribution in [2.75, 3.05) is 20.3 Å². The molecule has 2 amide bonds. The van der Waals surface area contributed by atoms with Crippen LogP contribution in [0.3, 0.4) is 0 Å². The molecular formula is C25H26N2O6. The fraction of sp³-hybridized carbons (Fsp3) is 0.400. The van der Waals surface area contributed by atoms with Crippen LogP contribution >= 0.6 is 0 Å². The Kier molecular flexibility index (Phi) is 5.32. The topological polar surface area (TPSA) is 105 Å². The molecule has 3 unspecified atom stereocenters. The number of hydrogen-bond donors (Lipinski definition) is 2. The van der Waals surface area contributed by atoms with E-state index in [-0.39, 0.29) is 30.4 Å². The molecule has 8 heteroatoms. The van der Waals surface area contributed by atoms with E-state index in [1.165, 1.54) is 18.2 Å². The molecule has 3 aliphatic carbocycles. The van der Waals surface area contributed by atoms with E-state index in [4.69, 9.17) is 14.7 Å². The molecule has 0 saturated heterocycles. The minimum absolute atomic E-state index is 0.00640. The lowest BCUT2D eigenvalue weighted by atomic mass is 9.98. The number of rotatable bonds is 7. The Balaban J connectivity index is 1.17. The van der Waals surface area contributed by atoms with Crippen LogP contribution in [0.5, 0.6) is 0 Å². The van der Waals surface area contributed by atoms with Crippen LogP contribution in [0.15, 0.2) is 48.5 Å². The summed E-state index contributed by atoms with van der Waals surface area (Å²) in [5.74, 6) is -1.21. The molecule has 0 bridgehead atoms. The molecule has 5 rings (SSSR count). The van der Waals surface area contributed by atoms with Gasteiger partial charge in [0, 0.05) is 19.0 Å². The first kappa shape index (κ1) is 21.5. The molecule has 2 aromatic rings. The molecular weight excluding hydrogens is 424 g/mol. The third-order valence-electron chi connectivity index (χ3n) is 7.17. The van der Waals surface area contributed by atoms with Crippen LogP contribution in [0, 0.1) is 11.3 Å². The predicted molar refractivity (Wildman–Crippen MR) is 118 cm³/mol. The number of carbonyl (C=O) groups is 3. The molecule has 0 aromatic heterocycles. The largest absolute Gasteiger partial charge is 0.479 e. The van der Waals surface area contributed by atoms with Gasteiger partial charge in [0.15, 0.2) is 6.61 Å². The minimum Gasteiger partial charge on any atom is -0.479 e. The fourth-order valence-corrected chi connectivity index (χ4v) is 5.60. The van der Waals surface area contributed by atoms with Crippen molar-refractivity contribution in [3.8, 4) is 11.1 Å². The Labute approximate surface area is 191 Å². The Morgan fingerprint density at radius 3 is 2.33 bits per heavy atom. The molecule has 172 valence electrons. The maximum absolute atomic E-state index is 12.8. The summed E-state index contributed by atoms with van der Waals surface area (Å²) < 4.78 is 5.62. The number of hydroxylamine groups is 2. The van der Waals surface area contributed by atoms with Gasteiger partial charge in [0.2, 0.25) is 0 Å². The number of fused-ring (bicyclic) bond motifs is 4. The van der Waals surface area contributed by atoms with Gasteiger partial charge in [-0.2, -0.15) is 0 Å². The second-order valence-corrected chi connectivity index (χ2v) is 9.13. The quantitative estimate of drug-likeness (QED) is 0.628. The molecule has 2 fully saturated rings. The van der Waals surface area contributed by atoms with Crippen LogP contribution in [-0.4, -0.2) is 54.4 Å². The van der Waals surface area contributed by atoms with Crippen molar-refractivity contribution in [2.24, 2.45) is 11.3 Å². The maximum atomic E-state index is 12.8. The van der Waals surface area contributed by atoms with E-state index in [9.17, 15) is 14.4 Å². The van der Waals surface area contributed by atoms with E-state index in [1.807, 2.05) is 24.3 Å². The van der Waals surface area contributed by atoms with Gasteiger partial charge in [-0.3, -0.25) is 9.63 Å². The van der Waals surface area contributed by atoms with E-state index in [0.29, 0.717) is 12.8 Å². The van der Waals surface area contributed by atoms with Gasteiger partial charge in [-0.1, -0.05) is 48.5 Å². The number of carboxylic acid groups (broad SMARTS) is 1. The molecule has 0 aliphatic heterocycles. The lowest BCUT2D eigenvalue weighted by molar-refractivity contribution is -0.190. The van der Waals surface area contributed by atoms with Gasteiger partial charge < -0.3 is 15.2 Å². The van der Waals surface area contributed by atoms with E-state index < -0.39 is 24.1 Å². The highest BCUT2D eigenvalue weighted by atomic mass is 16.7. The zero-order valence-corrected chi connectivity index (χ0v) is 18.3. The summed E-state index contributed by atoms with van der Waals surface area (Å²) in [6.45, 7) is -0.323. The Morgan fingerprint density at radius 2 is 1.70 bits per heavy atom. The van der Waals surface area contributed by atoms with Gasteiger partial charge in [0.05, 0.1) is 5.41 Å². The Bertz CT molecular complexity index is 1070. The normalized spacial score (nSPS) is 24.4. The summed E-state index contributed by atoms with van der Waals surface area (Å²) in [6, 6.07) is 16.2. The number of hydrogen-bond acceptors (Lipinski definition) is 5. The summed E-state index contributed by atoms with van der Waals surface area (Å²) in [5, 5.41) is 12.7. The molecule has 2 aromatic carbocycles. The van der Waals surface area contributed by atoms with Gasteiger partial charge in [0.25, 0.3) is 5.91 Å². The highest BCUT2D eigenvalue weighted by molar-refractivity contribution is 5.86. The number of nitrogens with one attached hydrogen (secondary N) is 1. The van der Waals surface area contributed by atoms with E-state index in [2.05, 4.69) is 29.6 Å². The van der Waals surface area contributed by atoms with Crippen molar-refractivity contribution in [3.63, 3.8) is 0 Å². The number of carbonyl (C=O) groups excluding carboxylic acids is 2. The number of nitrogens with zero attached hydrogens (tertiary/aromatic N) is 1. The molecule has 0 heterocycles. The zero-order valence-electron chi connectivity index (χ0n) is 18.3. The fourth-order valence-electron chi connectivity index (χ4n) is 5.60. The number of alkyl carbamates (subject to hydrolysis) is 1. The molecule has 33 heavy (non-hydrogen) atoms. The molecule has 2 saturated carbocycles. The van der Waals surface area contributed by atoms with E-state index in [1.54, 1.807) is 0 Å². The third kappa shape index (κ3) is 3.84. The minimum atomic E-state index is -1.14. The molecule has 3 aliphatic rings. The predicted octanol–water partition coefficient (Wildman–Crippen LogP) is 3.17. The number of benzene rings is 2. The number of carboxylic acids is 1. The smallest absolute Gasteiger partial charge is 0.407 e. The van der Waals surface area contributed by atoms with Crippen LogP contribution < -0.4 is 5.32 Å². The Morgan fingerprint density at radius 1 is 1.06 bits per heavy atom. The average molecular weight is 450 g/mol. The van der Waals surface area contributed by atoms with Gasteiger partial charge in [0.1, 0.15) is 6.61 Å².